The monoisotopic (exact) mass is 493 g/mol. The standard InChI is InChI=1S/C19H13ClF5N3O5/c20-8-3-1-7(2-4-8)18(31)27-9(5-10(26)29)19(32)33-6-11(30)28-17-15(24)13(22)12(21)14(23)16(17)25/h1-4,9H,5-6H2,(H2,26,29)(H,27,31)(H,28,30). The Balaban J connectivity index is 2.06. The molecule has 14 heteroatoms. The second-order valence-corrected chi connectivity index (χ2v) is 6.74. The van der Waals surface area contributed by atoms with Crippen molar-refractivity contribution < 1.29 is 45.9 Å². The number of nitrogens with one attached hydrogen (secondary N) is 2. The summed E-state index contributed by atoms with van der Waals surface area (Å²) in [4.78, 5) is 47.4. The summed E-state index contributed by atoms with van der Waals surface area (Å²) in [5.74, 6) is -16.3. The summed E-state index contributed by atoms with van der Waals surface area (Å²) < 4.78 is 71.2. The third kappa shape index (κ3) is 6.38. The predicted octanol–water partition coefficient (Wildman–Crippen LogP) is 2.19. The van der Waals surface area contributed by atoms with E-state index in [9.17, 15) is 41.1 Å². The van der Waals surface area contributed by atoms with E-state index in [-0.39, 0.29) is 5.56 Å². The molecule has 2 rings (SSSR count). The van der Waals surface area contributed by atoms with Gasteiger partial charge in [0, 0.05) is 10.6 Å². The van der Waals surface area contributed by atoms with Crippen molar-refractivity contribution >= 4 is 41.0 Å². The molecule has 176 valence electrons. The number of carbonyl (C=O) groups is 4. The molecule has 0 radical (unpaired) electrons. The number of ether oxygens (including phenoxy) is 1. The number of hydrogen-bond acceptors (Lipinski definition) is 5. The number of halogens is 6. The smallest absolute Gasteiger partial charge is 0.329 e. The van der Waals surface area contributed by atoms with Crippen molar-refractivity contribution in [3.05, 3.63) is 63.9 Å². The average Bonchev–Trinajstić information content (AvgIpc) is 2.77. The molecular weight excluding hydrogens is 481 g/mol. The van der Waals surface area contributed by atoms with Crippen LogP contribution in [0.1, 0.15) is 16.8 Å². The molecule has 0 fully saturated rings. The summed E-state index contributed by atoms with van der Waals surface area (Å²) in [6.07, 6.45) is -0.739. The highest BCUT2D eigenvalue weighted by Gasteiger charge is 2.28. The number of carbonyl (C=O) groups excluding carboxylic acids is 4. The second-order valence-electron chi connectivity index (χ2n) is 6.30. The lowest BCUT2D eigenvalue weighted by molar-refractivity contribution is -0.150. The topological polar surface area (TPSA) is 128 Å². The van der Waals surface area contributed by atoms with Crippen molar-refractivity contribution in [3.63, 3.8) is 0 Å². The molecule has 33 heavy (non-hydrogen) atoms. The van der Waals surface area contributed by atoms with Crippen LogP contribution in [0.5, 0.6) is 0 Å². The summed E-state index contributed by atoms with van der Waals surface area (Å²) in [5, 5.41) is 3.86. The Morgan fingerprint density at radius 1 is 0.909 bits per heavy atom. The molecule has 1 atom stereocenters. The van der Waals surface area contributed by atoms with Gasteiger partial charge in [-0.05, 0) is 24.3 Å². The molecule has 3 amide bonds. The molecule has 0 spiro atoms. The second kappa shape index (κ2) is 10.7. The van der Waals surface area contributed by atoms with Crippen LogP contribution in [-0.2, 0) is 19.1 Å². The molecule has 0 aliphatic rings. The first-order chi connectivity index (χ1) is 15.4. The van der Waals surface area contributed by atoms with Crippen molar-refractivity contribution in [3.8, 4) is 0 Å². The van der Waals surface area contributed by atoms with E-state index in [1.54, 1.807) is 0 Å². The lowest BCUT2D eigenvalue weighted by atomic mass is 10.1. The number of hydrogen-bond donors (Lipinski definition) is 3. The predicted molar refractivity (Wildman–Crippen MR) is 102 cm³/mol. The van der Waals surface area contributed by atoms with Crippen molar-refractivity contribution in [1.29, 1.82) is 0 Å². The van der Waals surface area contributed by atoms with Gasteiger partial charge < -0.3 is 21.1 Å². The molecule has 0 saturated heterocycles. The number of primary amides is 1. The number of anilines is 1. The summed E-state index contributed by atoms with van der Waals surface area (Å²) in [5.41, 5.74) is 3.41. The minimum Gasteiger partial charge on any atom is -0.454 e. The normalized spacial score (nSPS) is 11.5. The molecule has 0 bridgehead atoms. The number of nitrogens with two attached hydrogens (primary N) is 1. The summed E-state index contributed by atoms with van der Waals surface area (Å²) in [6.45, 7) is -1.26. The van der Waals surface area contributed by atoms with E-state index in [1.807, 2.05) is 0 Å². The average molecular weight is 494 g/mol. The Bertz CT molecular complexity index is 1080. The van der Waals surface area contributed by atoms with E-state index in [0.29, 0.717) is 5.02 Å². The van der Waals surface area contributed by atoms with Gasteiger partial charge in [-0.2, -0.15) is 0 Å². The van der Waals surface area contributed by atoms with Gasteiger partial charge in [-0.3, -0.25) is 14.4 Å². The quantitative estimate of drug-likeness (QED) is 0.225. The van der Waals surface area contributed by atoms with Gasteiger partial charge in [-0.15, -0.1) is 0 Å². The Labute approximate surface area is 186 Å². The van der Waals surface area contributed by atoms with Crippen LogP contribution in [0, 0.1) is 29.1 Å². The molecule has 0 aromatic heterocycles. The van der Waals surface area contributed by atoms with Gasteiger partial charge >= 0.3 is 5.97 Å². The molecule has 2 aromatic carbocycles. The Morgan fingerprint density at radius 3 is 1.94 bits per heavy atom. The maximum atomic E-state index is 13.6. The molecule has 1 unspecified atom stereocenters. The first kappa shape index (κ1) is 25.5. The molecule has 0 aliphatic carbocycles. The zero-order valence-corrected chi connectivity index (χ0v) is 16.9. The van der Waals surface area contributed by atoms with E-state index in [0.717, 1.165) is 0 Å². The lowest BCUT2D eigenvalue weighted by Gasteiger charge is -2.16. The number of amides is 3. The molecule has 4 N–H and O–H groups in total. The van der Waals surface area contributed by atoms with Crippen LogP contribution in [0.25, 0.3) is 0 Å². The van der Waals surface area contributed by atoms with Crippen LogP contribution in [0.4, 0.5) is 27.6 Å². The van der Waals surface area contributed by atoms with Crippen LogP contribution in [0.15, 0.2) is 24.3 Å². The zero-order chi connectivity index (χ0) is 24.9. The van der Waals surface area contributed by atoms with Gasteiger partial charge in [-0.1, -0.05) is 11.6 Å². The van der Waals surface area contributed by atoms with E-state index < -0.39 is 77.5 Å². The third-order valence-electron chi connectivity index (χ3n) is 3.92. The fourth-order valence-electron chi connectivity index (χ4n) is 2.36. The van der Waals surface area contributed by atoms with Gasteiger partial charge in [0.15, 0.2) is 29.9 Å². The molecule has 0 saturated carbocycles. The Morgan fingerprint density at radius 2 is 1.42 bits per heavy atom. The molecular formula is C19H13ClF5N3O5. The van der Waals surface area contributed by atoms with Gasteiger partial charge in [0.05, 0.1) is 6.42 Å². The van der Waals surface area contributed by atoms with E-state index in [4.69, 9.17) is 17.3 Å². The summed E-state index contributed by atoms with van der Waals surface area (Å²) in [7, 11) is 0. The molecule has 0 heterocycles. The SMILES string of the molecule is NC(=O)CC(NC(=O)c1ccc(Cl)cc1)C(=O)OCC(=O)Nc1c(F)c(F)c(F)c(F)c1F. The van der Waals surface area contributed by atoms with E-state index in [2.05, 4.69) is 10.1 Å². The first-order valence-electron chi connectivity index (χ1n) is 8.75. The molecule has 8 nitrogen and oxygen atoms in total. The highest BCUT2D eigenvalue weighted by atomic mass is 35.5. The number of esters is 1. The fourth-order valence-corrected chi connectivity index (χ4v) is 2.49. The van der Waals surface area contributed by atoms with Crippen LogP contribution >= 0.6 is 11.6 Å². The molecule has 0 aliphatic heterocycles. The molecule has 2 aromatic rings. The van der Waals surface area contributed by atoms with E-state index in [1.165, 1.54) is 29.6 Å². The highest BCUT2D eigenvalue weighted by Crippen LogP contribution is 2.27. The van der Waals surface area contributed by atoms with Gasteiger partial charge in [0.25, 0.3) is 11.8 Å². The summed E-state index contributed by atoms with van der Waals surface area (Å²) >= 11 is 5.70. The minimum atomic E-state index is -2.43. The number of benzene rings is 2. The first-order valence-corrected chi connectivity index (χ1v) is 9.12. The summed E-state index contributed by atoms with van der Waals surface area (Å²) in [6, 6.07) is 3.71. The van der Waals surface area contributed by atoms with Gasteiger partial charge in [0.2, 0.25) is 11.7 Å². The number of rotatable bonds is 8. The minimum absolute atomic E-state index is 0.0470. The third-order valence-corrected chi connectivity index (χ3v) is 4.17. The maximum Gasteiger partial charge on any atom is 0.329 e. The van der Waals surface area contributed by atoms with Crippen molar-refractivity contribution in [2.24, 2.45) is 5.73 Å². The van der Waals surface area contributed by atoms with Gasteiger partial charge in [0.1, 0.15) is 11.7 Å². The largest absolute Gasteiger partial charge is 0.454 e. The van der Waals surface area contributed by atoms with Crippen molar-refractivity contribution in [1.82, 2.24) is 5.32 Å². The van der Waals surface area contributed by atoms with Crippen LogP contribution in [0.3, 0.4) is 0 Å². The highest BCUT2D eigenvalue weighted by molar-refractivity contribution is 6.30. The fraction of sp³-hybridized carbons (Fsp3) is 0.158. The lowest BCUT2D eigenvalue weighted by Crippen LogP contribution is -2.45. The Kier molecular flexibility index (Phi) is 8.29. The van der Waals surface area contributed by atoms with E-state index >= 15 is 0 Å². The zero-order valence-electron chi connectivity index (χ0n) is 16.2. The van der Waals surface area contributed by atoms with Crippen LogP contribution in [-0.4, -0.2) is 36.3 Å². The van der Waals surface area contributed by atoms with Crippen molar-refractivity contribution in [2.75, 3.05) is 11.9 Å². The maximum absolute atomic E-state index is 13.6. The van der Waals surface area contributed by atoms with Crippen molar-refractivity contribution in [2.45, 2.75) is 12.5 Å². The Hall–Kier alpha value is -3.74. The van der Waals surface area contributed by atoms with Crippen LogP contribution < -0.4 is 16.4 Å². The van der Waals surface area contributed by atoms with Gasteiger partial charge in [-0.25, -0.2) is 26.7 Å². The van der Waals surface area contributed by atoms with Crippen LogP contribution in [0.2, 0.25) is 5.02 Å².